The lowest BCUT2D eigenvalue weighted by Gasteiger charge is -2.12. The summed E-state index contributed by atoms with van der Waals surface area (Å²) in [6.45, 7) is 6.05. The van der Waals surface area contributed by atoms with Gasteiger partial charge in [0.05, 0.1) is 11.8 Å². The van der Waals surface area contributed by atoms with Crippen LogP contribution in [0.25, 0.3) is 38.8 Å². The highest BCUT2D eigenvalue weighted by Gasteiger charge is 2.12. The molecular weight excluding hydrogens is 360 g/mol. The maximum atomic E-state index is 5.44. The van der Waals surface area contributed by atoms with Gasteiger partial charge >= 0.3 is 0 Å². The minimum Gasteiger partial charge on any atom is -0.464 e. The first-order valence-electron chi connectivity index (χ1n) is 9.30. The average molecular weight is 378 g/mol. The SMILES string of the molecule is C=C(C)c1ccc2nc(-c3cccnc3)nc(Nc3ccc4occc4c3)c2c1. The van der Waals surface area contributed by atoms with Gasteiger partial charge in [0.2, 0.25) is 0 Å². The summed E-state index contributed by atoms with van der Waals surface area (Å²) in [5, 5.41) is 5.43. The highest BCUT2D eigenvalue weighted by atomic mass is 16.3. The third-order valence-corrected chi connectivity index (χ3v) is 4.82. The van der Waals surface area contributed by atoms with Gasteiger partial charge in [0.1, 0.15) is 11.4 Å². The molecule has 5 aromatic rings. The van der Waals surface area contributed by atoms with Crippen LogP contribution in [-0.2, 0) is 0 Å². The number of anilines is 2. The molecule has 0 radical (unpaired) electrons. The van der Waals surface area contributed by atoms with Crippen molar-refractivity contribution in [1.29, 1.82) is 0 Å². The number of nitrogens with one attached hydrogen (secondary N) is 1. The van der Waals surface area contributed by atoms with Crippen LogP contribution in [0.5, 0.6) is 0 Å². The highest BCUT2D eigenvalue weighted by molar-refractivity contribution is 5.95. The molecule has 0 aliphatic heterocycles. The standard InChI is InChI=1S/C24H18N4O/c1-15(2)16-5-7-21-20(13-16)24(28-23(27-21)18-4-3-10-25-14-18)26-19-6-8-22-17(12-19)9-11-29-22/h3-14H,1H2,2H3,(H,26,27,28). The number of fused-ring (bicyclic) bond motifs is 2. The van der Waals surface area contributed by atoms with Crippen LogP contribution in [0.15, 0.2) is 84.3 Å². The summed E-state index contributed by atoms with van der Waals surface area (Å²) in [5.41, 5.74) is 5.56. The molecule has 1 N–H and O–H groups in total. The van der Waals surface area contributed by atoms with Crippen LogP contribution < -0.4 is 5.32 Å². The second kappa shape index (κ2) is 6.87. The summed E-state index contributed by atoms with van der Waals surface area (Å²) in [4.78, 5) is 13.8. The van der Waals surface area contributed by atoms with E-state index in [1.807, 2.05) is 55.5 Å². The first-order valence-corrected chi connectivity index (χ1v) is 9.30. The third-order valence-electron chi connectivity index (χ3n) is 4.82. The molecule has 2 aromatic carbocycles. The Morgan fingerprint density at radius 2 is 1.97 bits per heavy atom. The zero-order valence-electron chi connectivity index (χ0n) is 15.9. The Bertz CT molecular complexity index is 1360. The highest BCUT2D eigenvalue weighted by Crippen LogP contribution is 2.30. The van der Waals surface area contributed by atoms with Crippen molar-refractivity contribution in [1.82, 2.24) is 15.0 Å². The number of aromatic nitrogens is 3. The van der Waals surface area contributed by atoms with Gasteiger partial charge in [-0.1, -0.05) is 18.2 Å². The van der Waals surface area contributed by atoms with Crippen molar-refractivity contribution in [3.05, 3.63) is 85.4 Å². The van der Waals surface area contributed by atoms with Crippen LogP contribution in [0.2, 0.25) is 0 Å². The Labute approximate surface area is 167 Å². The van der Waals surface area contributed by atoms with E-state index in [2.05, 4.69) is 22.9 Å². The van der Waals surface area contributed by atoms with Crippen LogP contribution in [-0.4, -0.2) is 15.0 Å². The fourth-order valence-corrected chi connectivity index (χ4v) is 3.29. The second-order valence-electron chi connectivity index (χ2n) is 6.95. The number of furan rings is 1. The fraction of sp³-hybridized carbons (Fsp3) is 0.0417. The maximum Gasteiger partial charge on any atom is 0.163 e. The van der Waals surface area contributed by atoms with E-state index in [0.717, 1.165) is 50.1 Å². The molecule has 0 amide bonds. The summed E-state index contributed by atoms with van der Waals surface area (Å²) in [7, 11) is 0. The van der Waals surface area contributed by atoms with Gasteiger partial charge in [0.15, 0.2) is 5.82 Å². The first-order chi connectivity index (χ1) is 14.2. The van der Waals surface area contributed by atoms with E-state index in [1.165, 1.54) is 0 Å². The van der Waals surface area contributed by atoms with Gasteiger partial charge in [-0.2, -0.15) is 0 Å². The number of hydrogen-bond donors (Lipinski definition) is 1. The lowest BCUT2D eigenvalue weighted by Crippen LogP contribution is -2.00. The zero-order chi connectivity index (χ0) is 19.8. The van der Waals surface area contributed by atoms with Crippen molar-refractivity contribution < 1.29 is 4.42 Å². The fourth-order valence-electron chi connectivity index (χ4n) is 3.29. The van der Waals surface area contributed by atoms with E-state index in [-0.39, 0.29) is 0 Å². The van der Waals surface area contributed by atoms with Crippen molar-refractivity contribution in [2.24, 2.45) is 0 Å². The number of benzene rings is 2. The van der Waals surface area contributed by atoms with Gasteiger partial charge in [-0.3, -0.25) is 4.98 Å². The summed E-state index contributed by atoms with van der Waals surface area (Å²) in [5.74, 6) is 1.36. The van der Waals surface area contributed by atoms with E-state index in [1.54, 1.807) is 18.7 Å². The zero-order valence-corrected chi connectivity index (χ0v) is 15.9. The topological polar surface area (TPSA) is 63.8 Å². The molecule has 0 saturated carbocycles. The summed E-state index contributed by atoms with van der Waals surface area (Å²) in [6.07, 6.45) is 5.20. The van der Waals surface area contributed by atoms with Gasteiger partial charge in [-0.05, 0) is 61.0 Å². The van der Waals surface area contributed by atoms with E-state index in [4.69, 9.17) is 14.4 Å². The van der Waals surface area contributed by atoms with Gasteiger partial charge in [-0.15, -0.1) is 0 Å². The van der Waals surface area contributed by atoms with Crippen LogP contribution in [0.1, 0.15) is 12.5 Å². The van der Waals surface area contributed by atoms with Crippen molar-refractivity contribution in [2.45, 2.75) is 6.92 Å². The Kier molecular flexibility index (Phi) is 4.06. The molecule has 0 fully saturated rings. The van der Waals surface area contributed by atoms with Gasteiger partial charge in [-0.25, -0.2) is 9.97 Å². The summed E-state index contributed by atoms with van der Waals surface area (Å²) >= 11 is 0. The number of allylic oxidation sites excluding steroid dienone is 1. The molecule has 5 rings (SSSR count). The summed E-state index contributed by atoms with van der Waals surface area (Å²) in [6, 6.07) is 17.9. The molecule has 3 heterocycles. The van der Waals surface area contributed by atoms with E-state index < -0.39 is 0 Å². The van der Waals surface area contributed by atoms with E-state index >= 15 is 0 Å². The van der Waals surface area contributed by atoms with Crippen molar-refractivity contribution >= 4 is 39.0 Å². The van der Waals surface area contributed by atoms with Gasteiger partial charge in [0, 0.05) is 34.4 Å². The second-order valence-corrected chi connectivity index (χ2v) is 6.95. The Hall–Kier alpha value is -3.99. The van der Waals surface area contributed by atoms with Crippen LogP contribution in [0.4, 0.5) is 11.5 Å². The normalized spacial score (nSPS) is 11.1. The molecule has 0 atom stereocenters. The molecule has 3 aromatic heterocycles. The van der Waals surface area contributed by atoms with Crippen LogP contribution >= 0.6 is 0 Å². The minimum absolute atomic E-state index is 0.626. The molecule has 5 heteroatoms. The molecule has 0 unspecified atom stereocenters. The lowest BCUT2D eigenvalue weighted by atomic mass is 10.1. The van der Waals surface area contributed by atoms with Crippen LogP contribution in [0, 0.1) is 0 Å². The van der Waals surface area contributed by atoms with Gasteiger partial charge < -0.3 is 9.73 Å². The Morgan fingerprint density at radius 3 is 2.79 bits per heavy atom. The number of pyridine rings is 1. The smallest absolute Gasteiger partial charge is 0.163 e. The molecule has 0 spiro atoms. The quantitative estimate of drug-likeness (QED) is 0.402. The predicted octanol–water partition coefficient (Wildman–Crippen LogP) is 6.21. The monoisotopic (exact) mass is 378 g/mol. The largest absolute Gasteiger partial charge is 0.464 e. The average Bonchev–Trinajstić information content (AvgIpc) is 3.22. The number of hydrogen-bond acceptors (Lipinski definition) is 5. The Morgan fingerprint density at radius 1 is 1.03 bits per heavy atom. The molecule has 0 aliphatic rings. The van der Waals surface area contributed by atoms with Crippen molar-refractivity contribution in [2.75, 3.05) is 5.32 Å². The molecule has 140 valence electrons. The predicted molar refractivity (Wildman–Crippen MR) is 117 cm³/mol. The van der Waals surface area contributed by atoms with E-state index in [0.29, 0.717) is 5.82 Å². The van der Waals surface area contributed by atoms with E-state index in [9.17, 15) is 0 Å². The number of nitrogens with zero attached hydrogens (tertiary/aromatic N) is 3. The summed E-state index contributed by atoms with van der Waals surface area (Å²) < 4.78 is 5.44. The van der Waals surface area contributed by atoms with Gasteiger partial charge in [0.25, 0.3) is 0 Å². The molecule has 0 saturated heterocycles. The minimum atomic E-state index is 0.626. The lowest BCUT2D eigenvalue weighted by molar-refractivity contribution is 0.616. The molecule has 5 nitrogen and oxygen atoms in total. The molecule has 29 heavy (non-hydrogen) atoms. The maximum absolute atomic E-state index is 5.44. The third kappa shape index (κ3) is 3.23. The molecule has 0 bridgehead atoms. The Balaban J connectivity index is 1.68. The van der Waals surface area contributed by atoms with Crippen LogP contribution in [0.3, 0.4) is 0 Å². The number of rotatable bonds is 4. The molecule has 0 aliphatic carbocycles. The van der Waals surface area contributed by atoms with Crippen molar-refractivity contribution in [3.8, 4) is 11.4 Å². The molecular formula is C24H18N4O. The first kappa shape index (κ1) is 17.1. The van der Waals surface area contributed by atoms with Crippen molar-refractivity contribution in [3.63, 3.8) is 0 Å².